The number of ether oxygens (including phenoxy) is 4. The number of fused-ring (bicyclic) bond motifs is 14. The van der Waals surface area contributed by atoms with Crippen LogP contribution < -0.4 is 61.5 Å². The van der Waals surface area contributed by atoms with Crippen LogP contribution in [0, 0.1) is 0 Å². The molecule has 258 valence electrons. The fourth-order valence-electron chi connectivity index (χ4n) is 10.2. The number of rotatable bonds is 1. The Morgan fingerprint density at radius 1 is 0.339 bits per heavy atom. The number of para-hydroxylation sites is 6. The van der Waals surface area contributed by atoms with Crippen molar-refractivity contribution in [1.82, 2.24) is 0 Å². The molecule has 0 bridgehead atoms. The van der Waals surface area contributed by atoms with Gasteiger partial charge in [0.05, 0.1) is 28.3 Å². The molecule has 0 saturated carbocycles. The van der Waals surface area contributed by atoms with Gasteiger partial charge in [0.15, 0.2) is 23.0 Å². The van der Waals surface area contributed by atoms with E-state index in [1.54, 1.807) is 0 Å². The van der Waals surface area contributed by atoms with Crippen LogP contribution in [0.15, 0.2) is 158 Å². The zero-order valence-corrected chi connectivity index (χ0v) is 29.7. The van der Waals surface area contributed by atoms with Crippen molar-refractivity contribution in [2.75, 3.05) is 9.80 Å². The molecule has 0 aliphatic carbocycles. The highest BCUT2D eigenvalue weighted by Gasteiger charge is 2.50. The van der Waals surface area contributed by atoms with E-state index in [9.17, 15) is 0 Å². The van der Waals surface area contributed by atoms with Crippen molar-refractivity contribution in [1.29, 1.82) is 0 Å². The van der Waals surface area contributed by atoms with Gasteiger partial charge in [-0.15, -0.1) is 0 Å². The first kappa shape index (κ1) is 29.1. The smallest absolute Gasteiger partial charge is 0.256 e. The van der Waals surface area contributed by atoms with Crippen molar-refractivity contribution < 1.29 is 18.9 Å². The summed E-state index contributed by atoms with van der Waals surface area (Å²) in [7, 11) is 0. The van der Waals surface area contributed by atoms with Gasteiger partial charge in [-0.3, -0.25) is 0 Å². The van der Waals surface area contributed by atoms with Crippen molar-refractivity contribution in [3.8, 4) is 57.1 Å². The first-order chi connectivity index (χ1) is 27.8. The third-order valence-electron chi connectivity index (χ3n) is 12.3. The van der Waals surface area contributed by atoms with Gasteiger partial charge in [0.2, 0.25) is 0 Å². The molecule has 14 rings (SSSR count). The van der Waals surface area contributed by atoms with Crippen molar-refractivity contribution in [3.63, 3.8) is 0 Å². The average molecular weight is 716 g/mol. The van der Waals surface area contributed by atoms with E-state index in [1.165, 1.54) is 10.9 Å². The molecule has 0 amide bonds. The number of hydrogen-bond acceptors (Lipinski definition) is 6. The molecule has 0 aromatic heterocycles. The van der Waals surface area contributed by atoms with Crippen molar-refractivity contribution >= 4 is 80.3 Å². The third kappa shape index (κ3) is 3.51. The highest BCUT2D eigenvalue weighted by molar-refractivity contribution is 7.02. The monoisotopic (exact) mass is 716 g/mol. The zero-order valence-electron chi connectivity index (χ0n) is 29.7. The van der Waals surface area contributed by atoms with Gasteiger partial charge < -0.3 is 28.7 Å². The largest absolute Gasteiger partial charge is 0.458 e. The molecule has 8 aromatic carbocycles. The molecule has 0 spiro atoms. The second-order valence-corrected chi connectivity index (χ2v) is 15.1. The maximum atomic E-state index is 7.23. The minimum atomic E-state index is -0.130. The second-order valence-electron chi connectivity index (χ2n) is 15.1. The first-order valence-electron chi connectivity index (χ1n) is 19.1. The average Bonchev–Trinajstić information content (AvgIpc) is 3.26. The molecule has 8 heteroatoms. The van der Waals surface area contributed by atoms with E-state index in [1.807, 2.05) is 24.3 Å². The summed E-state index contributed by atoms with van der Waals surface area (Å²) in [6.07, 6.45) is 0. The van der Waals surface area contributed by atoms with E-state index in [4.69, 9.17) is 18.9 Å². The van der Waals surface area contributed by atoms with Gasteiger partial charge in [0, 0.05) is 22.3 Å². The Labute approximate surface area is 322 Å². The number of benzene rings is 8. The van der Waals surface area contributed by atoms with E-state index in [2.05, 4.69) is 143 Å². The summed E-state index contributed by atoms with van der Waals surface area (Å²) in [5.41, 5.74) is 15.2. The predicted octanol–water partition coefficient (Wildman–Crippen LogP) is 8.38. The number of nitrogens with zero attached hydrogens (tertiary/aromatic N) is 2. The Hall–Kier alpha value is -7.31. The maximum Gasteiger partial charge on any atom is 0.256 e. The summed E-state index contributed by atoms with van der Waals surface area (Å²) < 4.78 is 27.7. The number of hydrogen-bond donors (Lipinski definition) is 0. The third-order valence-corrected chi connectivity index (χ3v) is 12.3. The molecule has 0 radical (unpaired) electrons. The molecule has 0 unspecified atom stereocenters. The summed E-state index contributed by atoms with van der Waals surface area (Å²) in [4.78, 5) is 4.72. The Kier molecular flexibility index (Phi) is 5.33. The zero-order chi connectivity index (χ0) is 36.2. The molecule has 8 aromatic rings. The van der Waals surface area contributed by atoms with Crippen LogP contribution in [0.4, 0.5) is 34.1 Å². The molecule has 0 saturated heterocycles. The van der Waals surface area contributed by atoms with Crippen LogP contribution in [0.5, 0.6) is 46.0 Å². The Bertz CT molecular complexity index is 2910. The molecule has 6 heterocycles. The van der Waals surface area contributed by atoms with Gasteiger partial charge in [0.25, 0.3) is 13.4 Å². The lowest BCUT2D eigenvalue weighted by molar-refractivity contribution is 0.459. The van der Waals surface area contributed by atoms with E-state index in [-0.39, 0.29) is 13.4 Å². The fourth-order valence-corrected chi connectivity index (χ4v) is 10.2. The molecule has 6 aliphatic heterocycles. The van der Waals surface area contributed by atoms with Gasteiger partial charge in [-0.1, -0.05) is 97.1 Å². The van der Waals surface area contributed by atoms with Crippen molar-refractivity contribution in [2.24, 2.45) is 0 Å². The summed E-state index contributed by atoms with van der Waals surface area (Å²) in [6.45, 7) is -0.260. The maximum absolute atomic E-state index is 7.23. The van der Waals surface area contributed by atoms with Crippen LogP contribution in [0.2, 0.25) is 0 Å². The van der Waals surface area contributed by atoms with Crippen molar-refractivity contribution in [3.05, 3.63) is 158 Å². The highest BCUT2D eigenvalue weighted by atomic mass is 16.5. The lowest BCUT2D eigenvalue weighted by Crippen LogP contribution is -2.63. The topological polar surface area (TPSA) is 43.4 Å². The Morgan fingerprint density at radius 2 is 0.768 bits per heavy atom. The predicted molar refractivity (Wildman–Crippen MR) is 224 cm³/mol. The SMILES string of the molecule is c1ccc(-c2c3c(cc4c2Oc2ccc5c6c2B4c2ccccc2N6c2ccccc2O5)B2c4ccccc4N4c5ccccc5Oc5ccc(c2c54)O3)cc1. The molecular formula is C48H26B2N2O4. The summed E-state index contributed by atoms with van der Waals surface area (Å²) >= 11 is 0. The molecule has 0 N–H and O–H groups in total. The lowest BCUT2D eigenvalue weighted by Gasteiger charge is -2.45. The van der Waals surface area contributed by atoms with E-state index in [0.717, 1.165) is 113 Å². The molecule has 0 fully saturated rings. The Morgan fingerprint density at radius 3 is 1.29 bits per heavy atom. The van der Waals surface area contributed by atoms with Gasteiger partial charge in [-0.2, -0.15) is 0 Å². The second kappa shape index (κ2) is 10.3. The summed E-state index contributed by atoms with van der Waals surface area (Å²) in [6, 6.07) is 55.3. The molecule has 56 heavy (non-hydrogen) atoms. The van der Waals surface area contributed by atoms with Crippen LogP contribution >= 0.6 is 0 Å². The number of anilines is 6. The fraction of sp³-hybridized carbons (Fsp3) is 0. The first-order valence-corrected chi connectivity index (χ1v) is 19.1. The van der Waals surface area contributed by atoms with Gasteiger partial charge >= 0.3 is 0 Å². The van der Waals surface area contributed by atoms with Crippen LogP contribution in [0.25, 0.3) is 11.1 Å². The molecular weight excluding hydrogens is 690 g/mol. The quantitative estimate of drug-likeness (QED) is 0.159. The molecule has 6 aliphatic rings. The van der Waals surface area contributed by atoms with Gasteiger partial charge in [-0.05, 0) is 88.1 Å². The van der Waals surface area contributed by atoms with Crippen LogP contribution in [0.3, 0.4) is 0 Å². The molecule has 0 atom stereocenters. The highest BCUT2D eigenvalue weighted by Crippen LogP contribution is 2.56. The summed E-state index contributed by atoms with van der Waals surface area (Å²) in [5.74, 6) is 6.58. The van der Waals surface area contributed by atoms with Crippen LogP contribution in [0.1, 0.15) is 0 Å². The normalized spacial score (nSPS) is 14.5. The standard InChI is InChI=1S/C48H26B2N2O4/c1-2-12-27(13-3-1)42-47-30(49-28-14-4-6-16-32(28)51-34-18-8-10-20-36(34)53-40-24-22-38(55-47)43(49)45(40)51)26-31-48(42)56-39-23-25-41-46-44(39)50(31)29-15-5-7-17-33(29)52(46)35-19-9-11-21-37(35)54-41/h1-26H. The van der Waals surface area contributed by atoms with Gasteiger partial charge in [0.1, 0.15) is 23.0 Å². The van der Waals surface area contributed by atoms with E-state index < -0.39 is 0 Å². The van der Waals surface area contributed by atoms with Crippen LogP contribution in [-0.4, -0.2) is 13.4 Å². The van der Waals surface area contributed by atoms with Crippen molar-refractivity contribution in [2.45, 2.75) is 0 Å². The van der Waals surface area contributed by atoms with Gasteiger partial charge in [-0.25, -0.2) is 0 Å². The lowest BCUT2D eigenvalue weighted by atomic mass is 9.30. The van der Waals surface area contributed by atoms with E-state index in [0.29, 0.717) is 0 Å². The Balaban J connectivity index is 1.08. The van der Waals surface area contributed by atoms with E-state index >= 15 is 0 Å². The minimum Gasteiger partial charge on any atom is -0.458 e. The molecule has 6 nitrogen and oxygen atoms in total. The minimum absolute atomic E-state index is 0.130. The summed E-state index contributed by atoms with van der Waals surface area (Å²) in [5, 5.41) is 0. The van der Waals surface area contributed by atoms with Crippen LogP contribution in [-0.2, 0) is 0 Å².